The number of hydrogen-bond donors (Lipinski definition) is 1. The highest BCUT2D eigenvalue weighted by atomic mass is 32.2. The Balaban J connectivity index is 2.06. The summed E-state index contributed by atoms with van der Waals surface area (Å²) in [5.41, 5.74) is 1.36. The van der Waals surface area contributed by atoms with Crippen molar-refractivity contribution in [2.75, 3.05) is 6.54 Å². The van der Waals surface area contributed by atoms with Crippen LogP contribution in [0.2, 0.25) is 0 Å². The molecule has 0 radical (unpaired) electrons. The van der Waals surface area contributed by atoms with Gasteiger partial charge >= 0.3 is 0 Å². The van der Waals surface area contributed by atoms with Crippen LogP contribution in [0.5, 0.6) is 0 Å². The lowest BCUT2D eigenvalue weighted by molar-refractivity contribution is 0.537. The van der Waals surface area contributed by atoms with Crippen LogP contribution >= 0.6 is 11.8 Å². The van der Waals surface area contributed by atoms with Gasteiger partial charge < -0.3 is 5.32 Å². The first-order chi connectivity index (χ1) is 9.33. The van der Waals surface area contributed by atoms with E-state index in [4.69, 9.17) is 0 Å². The number of rotatable bonds is 6. The third kappa shape index (κ3) is 4.08. The molecule has 100 valence electrons. The van der Waals surface area contributed by atoms with E-state index in [0.29, 0.717) is 6.04 Å². The minimum Gasteiger partial charge on any atom is -0.310 e. The first-order valence-electron chi connectivity index (χ1n) is 6.74. The summed E-state index contributed by atoms with van der Waals surface area (Å²) < 4.78 is 0. The van der Waals surface area contributed by atoms with Crippen LogP contribution in [0, 0.1) is 0 Å². The van der Waals surface area contributed by atoms with Crippen molar-refractivity contribution in [3.05, 3.63) is 54.4 Å². The molecule has 0 fully saturated rings. The summed E-state index contributed by atoms with van der Waals surface area (Å²) in [6.07, 6.45) is 4.77. The monoisotopic (exact) mass is 272 g/mol. The van der Waals surface area contributed by atoms with E-state index in [1.807, 2.05) is 24.5 Å². The SMILES string of the molecule is CCNC(CC)c1ccc(Sc2ccncc2)cc1. The summed E-state index contributed by atoms with van der Waals surface area (Å²) in [6, 6.07) is 13.4. The number of nitrogens with one attached hydrogen (secondary N) is 1. The molecule has 0 aliphatic carbocycles. The van der Waals surface area contributed by atoms with Gasteiger partial charge in [0.2, 0.25) is 0 Å². The first kappa shape index (κ1) is 14.1. The lowest BCUT2D eigenvalue weighted by Gasteiger charge is -2.16. The fourth-order valence-electron chi connectivity index (χ4n) is 2.05. The Bertz CT molecular complexity index is 482. The summed E-state index contributed by atoms with van der Waals surface area (Å²) in [5.74, 6) is 0. The van der Waals surface area contributed by atoms with Crippen LogP contribution in [-0.2, 0) is 0 Å². The van der Waals surface area contributed by atoms with Gasteiger partial charge in [-0.25, -0.2) is 0 Å². The number of benzene rings is 1. The van der Waals surface area contributed by atoms with E-state index < -0.39 is 0 Å². The molecule has 0 spiro atoms. The zero-order chi connectivity index (χ0) is 13.5. The van der Waals surface area contributed by atoms with Gasteiger partial charge in [-0.15, -0.1) is 0 Å². The van der Waals surface area contributed by atoms with Gasteiger partial charge in [-0.3, -0.25) is 4.98 Å². The van der Waals surface area contributed by atoms with E-state index in [1.54, 1.807) is 11.8 Å². The Hall–Kier alpha value is -1.32. The summed E-state index contributed by atoms with van der Waals surface area (Å²) in [7, 11) is 0. The number of pyridine rings is 1. The van der Waals surface area contributed by atoms with Crippen molar-refractivity contribution in [1.29, 1.82) is 0 Å². The van der Waals surface area contributed by atoms with Gasteiger partial charge in [-0.05, 0) is 42.8 Å². The summed E-state index contributed by atoms with van der Waals surface area (Å²) in [5, 5.41) is 3.50. The number of aromatic nitrogens is 1. The molecule has 0 aliphatic rings. The summed E-state index contributed by atoms with van der Waals surface area (Å²) in [6.45, 7) is 5.37. The molecule has 1 N–H and O–H groups in total. The lowest BCUT2D eigenvalue weighted by Crippen LogP contribution is -2.19. The number of nitrogens with zero attached hydrogens (tertiary/aromatic N) is 1. The predicted octanol–water partition coefficient (Wildman–Crippen LogP) is 4.29. The first-order valence-corrected chi connectivity index (χ1v) is 7.56. The second-order valence-corrected chi connectivity index (χ2v) is 5.52. The fourth-order valence-corrected chi connectivity index (χ4v) is 2.86. The molecule has 1 unspecified atom stereocenters. The van der Waals surface area contributed by atoms with Crippen molar-refractivity contribution in [2.45, 2.75) is 36.1 Å². The number of hydrogen-bond acceptors (Lipinski definition) is 3. The Morgan fingerprint density at radius 3 is 2.21 bits per heavy atom. The van der Waals surface area contributed by atoms with Gasteiger partial charge in [0, 0.05) is 28.2 Å². The molecule has 2 rings (SSSR count). The molecule has 0 amide bonds. The predicted molar refractivity (Wildman–Crippen MR) is 81.5 cm³/mol. The van der Waals surface area contributed by atoms with Crippen LogP contribution in [0.3, 0.4) is 0 Å². The molecule has 2 nitrogen and oxygen atoms in total. The standard InChI is InChI=1S/C16H20N2S/c1-3-16(18-4-2)13-5-7-14(8-6-13)19-15-9-11-17-12-10-15/h5-12,16,18H,3-4H2,1-2H3. The molecule has 0 saturated heterocycles. The molecule has 1 atom stereocenters. The smallest absolute Gasteiger partial charge is 0.0317 e. The molecule has 0 aliphatic heterocycles. The maximum absolute atomic E-state index is 4.03. The van der Waals surface area contributed by atoms with Crippen molar-refractivity contribution >= 4 is 11.8 Å². The molecule has 3 heteroatoms. The summed E-state index contributed by atoms with van der Waals surface area (Å²) in [4.78, 5) is 6.52. The van der Waals surface area contributed by atoms with Gasteiger partial charge in [0.25, 0.3) is 0 Å². The van der Waals surface area contributed by atoms with Gasteiger partial charge in [-0.2, -0.15) is 0 Å². The Morgan fingerprint density at radius 1 is 1.00 bits per heavy atom. The average Bonchev–Trinajstić information content (AvgIpc) is 2.47. The zero-order valence-corrected chi connectivity index (χ0v) is 12.3. The van der Waals surface area contributed by atoms with E-state index in [0.717, 1.165) is 13.0 Å². The van der Waals surface area contributed by atoms with Crippen molar-refractivity contribution in [1.82, 2.24) is 10.3 Å². The maximum Gasteiger partial charge on any atom is 0.0317 e. The molecule has 0 saturated carbocycles. The Labute approximate surface area is 119 Å². The Kier molecular flexibility index (Phi) is 5.43. The zero-order valence-electron chi connectivity index (χ0n) is 11.5. The van der Waals surface area contributed by atoms with Crippen LogP contribution in [0.4, 0.5) is 0 Å². The highest BCUT2D eigenvalue weighted by Gasteiger charge is 2.07. The minimum absolute atomic E-state index is 0.463. The minimum atomic E-state index is 0.463. The van der Waals surface area contributed by atoms with Crippen LogP contribution in [0.1, 0.15) is 31.9 Å². The molecule has 1 aromatic carbocycles. The molecule has 0 bridgehead atoms. The molecule has 19 heavy (non-hydrogen) atoms. The van der Waals surface area contributed by atoms with E-state index >= 15 is 0 Å². The van der Waals surface area contributed by atoms with Crippen molar-refractivity contribution < 1.29 is 0 Å². The maximum atomic E-state index is 4.03. The second-order valence-electron chi connectivity index (χ2n) is 4.37. The average molecular weight is 272 g/mol. The molecule has 1 heterocycles. The van der Waals surface area contributed by atoms with Gasteiger partial charge in [0.05, 0.1) is 0 Å². The third-order valence-corrected chi connectivity index (χ3v) is 4.04. The van der Waals surface area contributed by atoms with E-state index in [1.165, 1.54) is 15.4 Å². The molecule has 1 aromatic heterocycles. The van der Waals surface area contributed by atoms with Crippen molar-refractivity contribution in [2.24, 2.45) is 0 Å². The highest BCUT2D eigenvalue weighted by Crippen LogP contribution is 2.28. The van der Waals surface area contributed by atoms with Crippen molar-refractivity contribution in [3.63, 3.8) is 0 Å². The lowest BCUT2D eigenvalue weighted by atomic mass is 10.1. The molecule has 2 aromatic rings. The quantitative estimate of drug-likeness (QED) is 0.849. The third-order valence-electron chi connectivity index (χ3n) is 3.03. The van der Waals surface area contributed by atoms with Crippen LogP contribution in [0.15, 0.2) is 58.6 Å². The normalized spacial score (nSPS) is 12.3. The van der Waals surface area contributed by atoms with Crippen LogP contribution in [0.25, 0.3) is 0 Å². The second kappa shape index (κ2) is 7.31. The summed E-state index contributed by atoms with van der Waals surface area (Å²) >= 11 is 1.77. The van der Waals surface area contributed by atoms with Gasteiger partial charge in [0.1, 0.15) is 0 Å². The molecular weight excluding hydrogens is 252 g/mol. The van der Waals surface area contributed by atoms with Crippen LogP contribution in [-0.4, -0.2) is 11.5 Å². The van der Waals surface area contributed by atoms with E-state index in [9.17, 15) is 0 Å². The van der Waals surface area contributed by atoms with Crippen molar-refractivity contribution in [3.8, 4) is 0 Å². The van der Waals surface area contributed by atoms with Crippen LogP contribution < -0.4 is 5.32 Å². The highest BCUT2D eigenvalue weighted by molar-refractivity contribution is 7.99. The van der Waals surface area contributed by atoms with E-state index in [-0.39, 0.29) is 0 Å². The van der Waals surface area contributed by atoms with Gasteiger partial charge in [0.15, 0.2) is 0 Å². The van der Waals surface area contributed by atoms with Gasteiger partial charge in [-0.1, -0.05) is 37.7 Å². The Morgan fingerprint density at radius 2 is 1.63 bits per heavy atom. The largest absolute Gasteiger partial charge is 0.310 e. The molecular formula is C16H20N2S. The fraction of sp³-hybridized carbons (Fsp3) is 0.312. The van der Waals surface area contributed by atoms with E-state index in [2.05, 4.69) is 48.4 Å². The topological polar surface area (TPSA) is 24.9 Å².